The van der Waals surface area contributed by atoms with Gasteiger partial charge in [0.25, 0.3) is 0 Å². The van der Waals surface area contributed by atoms with E-state index in [2.05, 4.69) is 5.32 Å². The zero-order chi connectivity index (χ0) is 14.2. The van der Waals surface area contributed by atoms with E-state index in [1.807, 2.05) is 0 Å². The molecule has 1 aromatic rings. The van der Waals surface area contributed by atoms with Gasteiger partial charge >= 0.3 is 6.18 Å². The third kappa shape index (κ3) is 3.02. The molecular formula is C12H11F6N. The van der Waals surface area contributed by atoms with Gasteiger partial charge < -0.3 is 5.32 Å². The molecule has 106 valence electrons. The predicted octanol–water partition coefficient (Wildman–Crippen LogP) is 3.71. The first-order valence-electron chi connectivity index (χ1n) is 5.73. The molecule has 1 saturated heterocycles. The normalized spacial score (nSPS) is 24.5. The maximum absolute atomic E-state index is 13.5. The van der Waals surface area contributed by atoms with Crippen LogP contribution >= 0.6 is 0 Å². The monoisotopic (exact) mass is 283 g/mol. The third-order valence-electron chi connectivity index (χ3n) is 3.28. The Morgan fingerprint density at radius 1 is 1.00 bits per heavy atom. The first-order chi connectivity index (χ1) is 8.79. The summed E-state index contributed by atoms with van der Waals surface area (Å²) >= 11 is 0. The van der Waals surface area contributed by atoms with Crippen LogP contribution in [0.25, 0.3) is 0 Å². The van der Waals surface area contributed by atoms with E-state index < -0.39 is 35.6 Å². The Morgan fingerprint density at radius 2 is 1.63 bits per heavy atom. The molecule has 2 atom stereocenters. The summed E-state index contributed by atoms with van der Waals surface area (Å²) < 4.78 is 77.2. The van der Waals surface area contributed by atoms with E-state index in [4.69, 9.17) is 0 Å². The van der Waals surface area contributed by atoms with Crippen molar-refractivity contribution in [1.29, 1.82) is 0 Å². The zero-order valence-corrected chi connectivity index (χ0v) is 9.70. The Balaban J connectivity index is 2.25. The van der Waals surface area contributed by atoms with Crippen molar-refractivity contribution in [3.05, 3.63) is 35.1 Å². The molecule has 1 fully saturated rings. The highest BCUT2D eigenvalue weighted by atomic mass is 19.4. The lowest BCUT2D eigenvalue weighted by molar-refractivity contribution is -0.183. The summed E-state index contributed by atoms with van der Waals surface area (Å²) in [4.78, 5) is 0. The van der Waals surface area contributed by atoms with E-state index in [0.717, 1.165) is 0 Å². The molecule has 1 aliphatic rings. The Bertz CT molecular complexity index is 470. The minimum absolute atomic E-state index is 0.0489. The van der Waals surface area contributed by atoms with Crippen LogP contribution in [0.3, 0.4) is 0 Å². The van der Waals surface area contributed by atoms with Gasteiger partial charge in [-0.3, -0.25) is 0 Å². The van der Waals surface area contributed by atoms with Crippen molar-refractivity contribution in [3.63, 3.8) is 0 Å². The summed E-state index contributed by atoms with van der Waals surface area (Å²) in [6.07, 6.45) is -4.85. The summed E-state index contributed by atoms with van der Waals surface area (Å²) in [5.41, 5.74) is -0.271. The molecule has 19 heavy (non-hydrogen) atoms. The second kappa shape index (κ2) is 5.03. The van der Waals surface area contributed by atoms with Gasteiger partial charge in [-0.1, -0.05) is 0 Å². The van der Waals surface area contributed by atoms with Gasteiger partial charge in [0, 0.05) is 17.7 Å². The Labute approximate surface area is 105 Å². The SMILES string of the molecule is Fc1cc(F)c(C2CC(C(F)(F)F)CCN2)cc1F. The molecule has 1 aliphatic heterocycles. The van der Waals surface area contributed by atoms with Crippen molar-refractivity contribution in [3.8, 4) is 0 Å². The van der Waals surface area contributed by atoms with Crippen molar-refractivity contribution in [1.82, 2.24) is 5.32 Å². The van der Waals surface area contributed by atoms with Crippen LogP contribution in [0.4, 0.5) is 26.3 Å². The fourth-order valence-electron chi connectivity index (χ4n) is 2.26. The summed E-state index contributed by atoms with van der Waals surface area (Å²) in [6.45, 7) is 0.0489. The van der Waals surface area contributed by atoms with E-state index in [-0.39, 0.29) is 24.9 Å². The summed E-state index contributed by atoms with van der Waals surface area (Å²) in [6, 6.07) is 0.000409. The molecule has 2 unspecified atom stereocenters. The van der Waals surface area contributed by atoms with Gasteiger partial charge in [-0.05, 0) is 25.5 Å². The van der Waals surface area contributed by atoms with Crippen molar-refractivity contribution in [2.75, 3.05) is 6.54 Å². The van der Waals surface area contributed by atoms with Gasteiger partial charge in [0.15, 0.2) is 11.6 Å². The van der Waals surface area contributed by atoms with Crippen LogP contribution < -0.4 is 5.32 Å². The topological polar surface area (TPSA) is 12.0 Å². The van der Waals surface area contributed by atoms with Crippen molar-refractivity contribution >= 4 is 0 Å². The van der Waals surface area contributed by atoms with Gasteiger partial charge in [-0.15, -0.1) is 0 Å². The second-order valence-electron chi connectivity index (χ2n) is 4.56. The van der Waals surface area contributed by atoms with Gasteiger partial charge in [0.1, 0.15) is 5.82 Å². The van der Waals surface area contributed by atoms with Crippen LogP contribution in [0.2, 0.25) is 0 Å². The van der Waals surface area contributed by atoms with E-state index in [9.17, 15) is 26.3 Å². The minimum Gasteiger partial charge on any atom is -0.310 e. The highest BCUT2D eigenvalue weighted by Gasteiger charge is 2.42. The molecule has 0 aromatic heterocycles. The number of nitrogens with one attached hydrogen (secondary N) is 1. The third-order valence-corrected chi connectivity index (χ3v) is 3.28. The molecular weight excluding hydrogens is 272 g/mol. The van der Waals surface area contributed by atoms with Gasteiger partial charge in [0.2, 0.25) is 0 Å². The predicted molar refractivity (Wildman–Crippen MR) is 55.8 cm³/mol. The second-order valence-corrected chi connectivity index (χ2v) is 4.56. The van der Waals surface area contributed by atoms with E-state index >= 15 is 0 Å². The number of halogens is 6. The lowest BCUT2D eigenvalue weighted by Gasteiger charge is -2.32. The molecule has 0 radical (unpaired) electrons. The Morgan fingerprint density at radius 3 is 2.26 bits per heavy atom. The highest BCUT2D eigenvalue weighted by molar-refractivity contribution is 5.24. The first kappa shape index (κ1) is 14.2. The molecule has 0 spiro atoms. The van der Waals surface area contributed by atoms with Crippen LogP contribution in [0, 0.1) is 23.4 Å². The number of hydrogen-bond acceptors (Lipinski definition) is 1. The lowest BCUT2D eigenvalue weighted by Crippen LogP contribution is -2.38. The molecule has 1 N–H and O–H groups in total. The van der Waals surface area contributed by atoms with Crippen LogP contribution in [0.1, 0.15) is 24.4 Å². The van der Waals surface area contributed by atoms with Crippen LogP contribution in [-0.4, -0.2) is 12.7 Å². The maximum atomic E-state index is 13.5. The molecule has 2 rings (SSSR count). The molecule has 1 aromatic carbocycles. The molecule has 0 amide bonds. The lowest BCUT2D eigenvalue weighted by atomic mass is 9.88. The number of alkyl halides is 3. The fraction of sp³-hybridized carbons (Fsp3) is 0.500. The summed E-state index contributed by atoms with van der Waals surface area (Å²) in [5.74, 6) is -5.23. The fourth-order valence-corrected chi connectivity index (χ4v) is 2.26. The standard InChI is InChI=1S/C12H11F6N/c13-8-5-10(15)9(14)4-7(8)11-3-6(1-2-19-11)12(16,17)18/h4-6,11,19H,1-3H2. The van der Waals surface area contributed by atoms with E-state index in [0.29, 0.717) is 12.1 Å². The Kier molecular flexibility index (Phi) is 3.75. The van der Waals surface area contributed by atoms with Crippen molar-refractivity contribution in [2.24, 2.45) is 5.92 Å². The van der Waals surface area contributed by atoms with Gasteiger partial charge in [-0.2, -0.15) is 13.2 Å². The van der Waals surface area contributed by atoms with Crippen LogP contribution in [-0.2, 0) is 0 Å². The van der Waals surface area contributed by atoms with Crippen LogP contribution in [0.5, 0.6) is 0 Å². The van der Waals surface area contributed by atoms with E-state index in [1.165, 1.54) is 0 Å². The molecule has 1 heterocycles. The van der Waals surface area contributed by atoms with Crippen molar-refractivity contribution < 1.29 is 26.3 Å². The largest absolute Gasteiger partial charge is 0.391 e. The maximum Gasteiger partial charge on any atom is 0.391 e. The quantitative estimate of drug-likeness (QED) is 0.612. The zero-order valence-electron chi connectivity index (χ0n) is 9.70. The van der Waals surface area contributed by atoms with Gasteiger partial charge in [0.05, 0.1) is 5.92 Å². The molecule has 0 saturated carbocycles. The van der Waals surface area contributed by atoms with Crippen molar-refractivity contribution in [2.45, 2.75) is 25.1 Å². The highest BCUT2D eigenvalue weighted by Crippen LogP contribution is 2.38. The number of piperidine rings is 1. The average Bonchev–Trinajstić information content (AvgIpc) is 2.33. The Hall–Kier alpha value is -1.24. The molecule has 1 nitrogen and oxygen atoms in total. The number of benzene rings is 1. The summed E-state index contributed by atoms with van der Waals surface area (Å²) in [7, 11) is 0. The smallest absolute Gasteiger partial charge is 0.310 e. The first-order valence-corrected chi connectivity index (χ1v) is 5.73. The minimum atomic E-state index is -4.37. The number of rotatable bonds is 1. The van der Waals surface area contributed by atoms with Gasteiger partial charge in [-0.25, -0.2) is 13.2 Å². The summed E-state index contributed by atoms with van der Waals surface area (Å²) in [5, 5.41) is 2.70. The number of hydrogen-bond donors (Lipinski definition) is 1. The molecule has 0 aliphatic carbocycles. The molecule has 7 heteroatoms. The van der Waals surface area contributed by atoms with E-state index in [1.54, 1.807) is 0 Å². The molecule has 0 bridgehead atoms. The van der Waals surface area contributed by atoms with Crippen LogP contribution in [0.15, 0.2) is 12.1 Å². The average molecular weight is 283 g/mol.